The summed E-state index contributed by atoms with van der Waals surface area (Å²) >= 11 is 0. The molecule has 0 aliphatic heterocycles. The van der Waals surface area contributed by atoms with Gasteiger partial charge in [0.2, 0.25) is 0 Å². The van der Waals surface area contributed by atoms with E-state index in [0.717, 1.165) is 61.5 Å². The maximum atomic E-state index is 10.9. The third-order valence-corrected chi connectivity index (χ3v) is 8.84. The molecule has 5 aromatic carbocycles. The Morgan fingerprint density at radius 2 is 1.19 bits per heavy atom. The summed E-state index contributed by atoms with van der Waals surface area (Å²) in [6, 6.07) is 48.1. The van der Waals surface area contributed by atoms with Crippen molar-refractivity contribution >= 4 is 11.0 Å². The highest BCUT2D eigenvalue weighted by molar-refractivity contribution is 5.96. The largest absolute Gasteiger partial charge is 0.506 e. The van der Waals surface area contributed by atoms with E-state index in [4.69, 9.17) is 9.97 Å². The summed E-state index contributed by atoms with van der Waals surface area (Å²) < 4.78 is 2.11. The zero-order valence-electron chi connectivity index (χ0n) is 26.7. The Morgan fingerprint density at radius 1 is 0.521 bits per heavy atom. The molecular weight excluding hydrogens is 589 g/mol. The van der Waals surface area contributed by atoms with E-state index in [2.05, 4.69) is 126 Å². The lowest BCUT2D eigenvalue weighted by Gasteiger charge is -2.12. The van der Waals surface area contributed by atoms with Crippen molar-refractivity contribution in [3.05, 3.63) is 163 Å². The van der Waals surface area contributed by atoms with E-state index in [1.54, 1.807) is 0 Å². The molecule has 3 aromatic heterocycles. The minimum absolute atomic E-state index is 0.0904. The third kappa shape index (κ3) is 5.31. The van der Waals surface area contributed by atoms with Crippen LogP contribution in [0.4, 0.5) is 0 Å². The monoisotopic (exact) mass is 620 g/mol. The molecule has 0 aliphatic carbocycles. The number of pyridine rings is 2. The molecule has 0 saturated heterocycles. The van der Waals surface area contributed by atoms with Crippen LogP contribution in [0.5, 0.6) is 5.75 Å². The predicted molar refractivity (Wildman–Crippen MR) is 195 cm³/mol. The van der Waals surface area contributed by atoms with Gasteiger partial charge in [0.25, 0.3) is 0 Å². The molecule has 3 heterocycles. The summed E-state index contributed by atoms with van der Waals surface area (Å²) in [6.45, 7) is 4.02. The first kappa shape index (κ1) is 29.1. The van der Waals surface area contributed by atoms with E-state index in [9.17, 15) is 5.11 Å². The molecule has 0 aliphatic rings. The van der Waals surface area contributed by atoms with Crippen LogP contribution < -0.4 is 0 Å². The molecule has 0 bridgehead atoms. The smallest absolute Gasteiger partial charge is 0.149 e. The van der Waals surface area contributed by atoms with Gasteiger partial charge in [-0.1, -0.05) is 103 Å². The fourth-order valence-electron chi connectivity index (χ4n) is 6.39. The van der Waals surface area contributed by atoms with Gasteiger partial charge in [-0.2, -0.15) is 0 Å². The van der Waals surface area contributed by atoms with Gasteiger partial charge in [-0.15, -0.1) is 0 Å². The van der Waals surface area contributed by atoms with E-state index in [1.165, 1.54) is 17.3 Å². The second kappa shape index (κ2) is 12.1. The molecular formula is C43H32N4O. The maximum absolute atomic E-state index is 10.9. The van der Waals surface area contributed by atoms with Crippen LogP contribution in [0.25, 0.3) is 72.7 Å². The summed E-state index contributed by atoms with van der Waals surface area (Å²) in [7, 11) is 0. The Balaban J connectivity index is 1.22. The minimum Gasteiger partial charge on any atom is -0.506 e. The van der Waals surface area contributed by atoms with Crippen LogP contribution in [0.2, 0.25) is 0 Å². The Bertz CT molecular complexity index is 2410. The molecule has 0 radical (unpaired) electrons. The Labute approximate surface area is 279 Å². The Hall–Kier alpha value is -6.33. The predicted octanol–water partition coefficient (Wildman–Crippen LogP) is 10.5. The van der Waals surface area contributed by atoms with Crippen LogP contribution in [0.15, 0.2) is 152 Å². The number of para-hydroxylation sites is 2. The molecule has 8 rings (SSSR count). The quantitative estimate of drug-likeness (QED) is 0.201. The van der Waals surface area contributed by atoms with Gasteiger partial charge in [0, 0.05) is 28.7 Å². The average Bonchev–Trinajstić information content (AvgIpc) is 3.53. The number of rotatable bonds is 6. The number of benzene rings is 5. The second-order valence-electron chi connectivity index (χ2n) is 12.0. The fourth-order valence-corrected chi connectivity index (χ4v) is 6.39. The summed E-state index contributed by atoms with van der Waals surface area (Å²) in [4.78, 5) is 14.3. The summed E-state index contributed by atoms with van der Waals surface area (Å²) in [5.74, 6) is 0.749. The average molecular weight is 621 g/mol. The van der Waals surface area contributed by atoms with Gasteiger partial charge < -0.3 is 5.11 Å². The Morgan fingerprint density at radius 3 is 1.98 bits per heavy atom. The zero-order chi connectivity index (χ0) is 32.6. The molecule has 0 spiro atoms. The molecule has 48 heavy (non-hydrogen) atoms. The summed E-state index contributed by atoms with van der Waals surface area (Å²) in [5.41, 5.74) is 14.0. The maximum Gasteiger partial charge on any atom is 0.149 e. The van der Waals surface area contributed by atoms with Crippen molar-refractivity contribution in [1.29, 1.82) is 0 Å². The van der Waals surface area contributed by atoms with Crippen molar-refractivity contribution < 1.29 is 5.11 Å². The van der Waals surface area contributed by atoms with Crippen LogP contribution in [0.1, 0.15) is 11.3 Å². The van der Waals surface area contributed by atoms with Crippen molar-refractivity contribution in [3.63, 3.8) is 0 Å². The Kier molecular flexibility index (Phi) is 7.35. The topological polar surface area (TPSA) is 63.8 Å². The number of nitrogens with zero attached hydrogens (tertiary/aromatic N) is 4. The number of hydrogen-bond donors (Lipinski definition) is 1. The molecule has 230 valence electrons. The first-order valence-corrected chi connectivity index (χ1v) is 16.0. The van der Waals surface area contributed by atoms with Gasteiger partial charge in [-0.05, 0) is 83.6 Å². The molecule has 8 aromatic rings. The number of hydrogen-bond acceptors (Lipinski definition) is 4. The van der Waals surface area contributed by atoms with Crippen molar-refractivity contribution in [1.82, 2.24) is 19.5 Å². The highest BCUT2D eigenvalue weighted by Crippen LogP contribution is 2.38. The number of aromatic hydroxyl groups is 1. The zero-order valence-corrected chi connectivity index (χ0v) is 26.7. The number of aryl methyl sites for hydroxylation is 2. The lowest BCUT2D eigenvalue weighted by molar-refractivity contribution is 0.474. The molecule has 5 nitrogen and oxygen atoms in total. The van der Waals surface area contributed by atoms with Crippen LogP contribution in [-0.4, -0.2) is 24.6 Å². The van der Waals surface area contributed by atoms with Gasteiger partial charge in [0.15, 0.2) is 0 Å². The van der Waals surface area contributed by atoms with Crippen molar-refractivity contribution in [3.8, 4) is 67.5 Å². The van der Waals surface area contributed by atoms with Crippen LogP contribution >= 0.6 is 0 Å². The highest BCUT2D eigenvalue weighted by Gasteiger charge is 2.20. The van der Waals surface area contributed by atoms with E-state index < -0.39 is 0 Å². The van der Waals surface area contributed by atoms with Gasteiger partial charge in [0.05, 0.1) is 28.5 Å². The van der Waals surface area contributed by atoms with E-state index >= 15 is 0 Å². The first-order chi connectivity index (χ1) is 23.5. The molecule has 0 unspecified atom stereocenters. The molecule has 1 N–H and O–H groups in total. The standard InChI is InChI=1S/C43H32N4O/c1-28-26-45-39(25-37(28)32-21-19-31(20-22-32)30-11-5-3-6-12-30)34-14-9-13-33(24-34)36-17-10-18-40-42(36)46-43(38-23-29(2)44-27-41(38)48)47(40)35-15-7-4-8-16-35/h3-27,48H,1-2H3. The number of fused-ring (bicyclic) bond motifs is 1. The van der Waals surface area contributed by atoms with E-state index in [1.807, 2.05) is 43.5 Å². The molecule has 0 fully saturated rings. The van der Waals surface area contributed by atoms with Gasteiger partial charge in [0.1, 0.15) is 11.6 Å². The first-order valence-electron chi connectivity index (χ1n) is 16.0. The van der Waals surface area contributed by atoms with Gasteiger partial charge >= 0.3 is 0 Å². The lowest BCUT2D eigenvalue weighted by atomic mass is 9.96. The van der Waals surface area contributed by atoms with Crippen molar-refractivity contribution in [2.75, 3.05) is 0 Å². The van der Waals surface area contributed by atoms with Crippen molar-refractivity contribution in [2.24, 2.45) is 0 Å². The van der Waals surface area contributed by atoms with Gasteiger partial charge in [-0.3, -0.25) is 14.5 Å². The highest BCUT2D eigenvalue weighted by atomic mass is 16.3. The third-order valence-electron chi connectivity index (χ3n) is 8.84. The summed E-state index contributed by atoms with van der Waals surface area (Å²) in [6.07, 6.45) is 3.45. The summed E-state index contributed by atoms with van der Waals surface area (Å²) in [5, 5.41) is 10.9. The van der Waals surface area contributed by atoms with E-state index in [-0.39, 0.29) is 5.75 Å². The number of aromatic nitrogens is 4. The lowest BCUT2D eigenvalue weighted by Crippen LogP contribution is -1.98. The molecule has 0 atom stereocenters. The normalized spacial score (nSPS) is 11.2. The van der Waals surface area contributed by atoms with Gasteiger partial charge in [-0.25, -0.2) is 4.98 Å². The molecule has 0 saturated carbocycles. The van der Waals surface area contributed by atoms with Crippen molar-refractivity contribution in [2.45, 2.75) is 13.8 Å². The van der Waals surface area contributed by atoms with E-state index in [0.29, 0.717) is 11.4 Å². The minimum atomic E-state index is 0.0904. The van der Waals surface area contributed by atoms with Crippen LogP contribution in [0, 0.1) is 13.8 Å². The molecule has 5 heteroatoms. The molecule has 0 amide bonds. The second-order valence-corrected chi connectivity index (χ2v) is 12.0. The number of imidazole rings is 1. The van der Waals surface area contributed by atoms with Crippen LogP contribution in [0.3, 0.4) is 0 Å². The SMILES string of the molecule is Cc1cc(-c2nc3c(-c4cccc(-c5cc(-c6ccc(-c7ccccc7)cc6)c(C)cn5)c4)cccc3n2-c2ccccc2)c(O)cn1. The fraction of sp³-hybridized carbons (Fsp3) is 0.0465. The van der Waals surface area contributed by atoms with Crippen LogP contribution in [-0.2, 0) is 0 Å².